The normalized spacial score (nSPS) is 11.3. The molecule has 0 atom stereocenters. The molecule has 0 heterocycles. The zero-order chi connectivity index (χ0) is 25.4. The smallest absolute Gasteiger partial charge is 0.264 e. The molecule has 3 rings (SSSR count). The number of amides is 1. The van der Waals surface area contributed by atoms with Crippen molar-refractivity contribution in [2.45, 2.75) is 51.5 Å². The Bertz CT molecular complexity index is 1240. The van der Waals surface area contributed by atoms with Crippen LogP contribution in [0.4, 0.5) is 5.69 Å². The van der Waals surface area contributed by atoms with Crippen molar-refractivity contribution in [1.29, 1.82) is 0 Å². The van der Waals surface area contributed by atoms with Crippen molar-refractivity contribution in [2.24, 2.45) is 0 Å². The van der Waals surface area contributed by atoms with Gasteiger partial charge in [-0.3, -0.25) is 9.10 Å². The first kappa shape index (κ1) is 26.3. The Kier molecular flexibility index (Phi) is 8.93. The molecule has 35 heavy (non-hydrogen) atoms. The third kappa shape index (κ3) is 7.59. The Balaban J connectivity index is 1.66. The summed E-state index contributed by atoms with van der Waals surface area (Å²) in [6, 6.07) is 21.7. The number of anilines is 1. The lowest BCUT2D eigenvalue weighted by Crippen LogP contribution is -2.41. The topological polar surface area (TPSA) is 75.7 Å². The third-order valence-corrected chi connectivity index (χ3v) is 7.21. The van der Waals surface area contributed by atoms with Crippen LogP contribution in [0.3, 0.4) is 0 Å². The number of carbonyl (C=O) groups is 1. The van der Waals surface area contributed by atoms with Crippen LogP contribution < -0.4 is 14.4 Å². The Morgan fingerprint density at radius 3 is 2.34 bits per heavy atom. The molecule has 0 saturated carbocycles. The van der Waals surface area contributed by atoms with Crippen LogP contribution in [0, 0.1) is 13.8 Å². The van der Waals surface area contributed by atoms with Gasteiger partial charge in [0, 0.05) is 6.54 Å². The van der Waals surface area contributed by atoms with Gasteiger partial charge in [-0.15, -0.1) is 0 Å². The fourth-order valence-electron chi connectivity index (χ4n) is 3.69. The second kappa shape index (κ2) is 11.9. The van der Waals surface area contributed by atoms with E-state index in [1.165, 1.54) is 4.31 Å². The van der Waals surface area contributed by atoms with Crippen molar-refractivity contribution < 1.29 is 17.9 Å². The van der Waals surface area contributed by atoms with Gasteiger partial charge in [0.15, 0.2) is 0 Å². The highest BCUT2D eigenvalue weighted by atomic mass is 32.2. The van der Waals surface area contributed by atoms with Crippen LogP contribution in [0.2, 0.25) is 0 Å². The summed E-state index contributed by atoms with van der Waals surface area (Å²) in [5.41, 5.74) is 3.46. The maximum atomic E-state index is 13.4. The van der Waals surface area contributed by atoms with E-state index in [1.54, 1.807) is 42.5 Å². The number of aryl methyl sites for hydroxylation is 3. The molecular formula is C28H34N2O4S. The predicted molar refractivity (Wildman–Crippen MR) is 140 cm³/mol. The lowest BCUT2D eigenvalue weighted by atomic mass is 10.1. The van der Waals surface area contributed by atoms with Gasteiger partial charge in [-0.1, -0.05) is 42.0 Å². The molecule has 0 aliphatic rings. The molecule has 186 valence electrons. The molecule has 0 aliphatic heterocycles. The van der Waals surface area contributed by atoms with Crippen LogP contribution in [0.25, 0.3) is 0 Å². The fourth-order valence-corrected chi connectivity index (χ4v) is 5.10. The summed E-state index contributed by atoms with van der Waals surface area (Å²) in [6.07, 6.45) is 1.61. The van der Waals surface area contributed by atoms with E-state index in [1.807, 2.05) is 58.0 Å². The summed E-state index contributed by atoms with van der Waals surface area (Å²) >= 11 is 0. The molecule has 0 unspecified atom stereocenters. The van der Waals surface area contributed by atoms with E-state index in [4.69, 9.17) is 4.74 Å². The van der Waals surface area contributed by atoms with Gasteiger partial charge < -0.3 is 10.1 Å². The Hall–Kier alpha value is -3.32. The molecule has 1 amide bonds. The lowest BCUT2D eigenvalue weighted by molar-refractivity contribution is -0.119. The standard InChI is InChI=1S/C28H34N2O4S/c1-21(2)34-26-12-6-9-24(19-26)10-7-17-29-28(31)20-30(25-11-5-8-23(4)18-25)35(32,33)27-15-13-22(3)14-16-27/h5-6,8-9,11-16,18-19,21H,7,10,17,20H2,1-4H3,(H,29,31). The SMILES string of the molecule is Cc1ccc(S(=O)(=O)N(CC(=O)NCCCc2cccc(OC(C)C)c2)c2cccc(C)c2)cc1. The largest absolute Gasteiger partial charge is 0.491 e. The van der Waals surface area contributed by atoms with Gasteiger partial charge >= 0.3 is 0 Å². The average molecular weight is 495 g/mol. The molecule has 3 aromatic carbocycles. The molecule has 0 fully saturated rings. The van der Waals surface area contributed by atoms with Crippen LogP contribution in [0.15, 0.2) is 77.7 Å². The summed E-state index contributed by atoms with van der Waals surface area (Å²) in [5.74, 6) is 0.482. The van der Waals surface area contributed by atoms with E-state index in [-0.39, 0.29) is 23.5 Å². The van der Waals surface area contributed by atoms with Gasteiger partial charge in [-0.05, 0) is 88.1 Å². The predicted octanol–water partition coefficient (Wildman–Crippen LogP) is 5.03. The first-order valence-electron chi connectivity index (χ1n) is 11.8. The van der Waals surface area contributed by atoms with Crippen molar-refractivity contribution in [3.05, 3.63) is 89.5 Å². The Labute approximate surface area is 209 Å². The zero-order valence-corrected chi connectivity index (χ0v) is 21.6. The van der Waals surface area contributed by atoms with E-state index in [0.29, 0.717) is 12.2 Å². The Morgan fingerprint density at radius 1 is 0.943 bits per heavy atom. The second-order valence-electron chi connectivity index (χ2n) is 8.93. The van der Waals surface area contributed by atoms with Crippen molar-refractivity contribution in [3.8, 4) is 5.75 Å². The Morgan fingerprint density at radius 2 is 1.66 bits per heavy atom. The lowest BCUT2D eigenvalue weighted by Gasteiger charge is -2.24. The van der Waals surface area contributed by atoms with E-state index in [0.717, 1.165) is 35.3 Å². The van der Waals surface area contributed by atoms with Crippen LogP contribution in [0.5, 0.6) is 5.75 Å². The van der Waals surface area contributed by atoms with E-state index < -0.39 is 10.0 Å². The number of hydrogen-bond donors (Lipinski definition) is 1. The maximum absolute atomic E-state index is 13.4. The first-order chi connectivity index (χ1) is 16.6. The van der Waals surface area contributed by atoms with Crippen LogP contribution in [-0.4, -0.2) is 33.5 Å². The molecule has 0 spiro atoms. The minimum Gasteiger partial charge on any atom is -0.491 e. The van der Waals surface area contributed by atoms with Crippen LogP contribution in [0.1, 0.15) is 37.0 Å². The molecule has 0 saturated heterocycles. The van der Waals surface area contributed by atoms with E-state index in [9.17, 15) is 13.2 Å². The summed E-state index contributed by atoms with van der Waals surface area (Å²) < 4.78 is 33.8. The number of sulfonamides is 1. The van der Waals surface area contributed by atoms with Crippen molar-refractivity contribution in [2.75, 3.05) is 17.4 Å². The quantitative estimate of drug-likeness (QED) is 0.379. The highest BCUT2D eigenvalue weighted by Crippen LogP contribution is 2.24. The number of ether oxygens (including phenoxy) is 1. The van der Waals surface area contributed by atoms with E-state index in [2.05, 4.69) is 5.32 Å². The van der Waals surface area contributed by atoms with Crippen molar-refractivity contribution in [1.82, 2.24) is 5.32 Å². The molecule has 6 nitrogen and oxygen atoms in total. The molecule has 0 radical (unpaired) electrons. The minimum absolute atomic E-state index is 0.108. The number of nitrogens with one attached hydrogen (secondary N) is 1. The molecule has 0 bridgehead atoms. The second-order valence-corrected chi connectivity index (χ2v) is 10.8. The number of hydrogen-bond acceptors (Lipinski definition) is 4. The molecule has 7 heteroatoms. The highest BCUT2D eigenvalue weighted by molar-refractivity contribution is 7.92. The number of rotatable bonds is 11. The number of benzene rings is 3. The molecule has 1 N–H and O–H groups in total. The monoisotopic (exact) mass is 494 g/mol. The molecule has 3 aromatic rings. The summed E-state index contributed by atoms with van der Waals surface area (Å²) in [4.78, 5) is 12.9. The van der Waals surface area contributed by atoms with Crippen molar-refractivity contribution >= 4 is 21.6 Å². The number of nitrogens with zero attached hydrogens (tertiary/aromatic N) is 1. The summed E-state index contributed by atoms with van der Waals surface area (Å²) in [6.45, 7) is 7.91. The number of carbonyl (C=O) groups excluding carboxylic acids is 1. The van der Waals surface area contributed by atoms with Gasteiger partial charge in [0.05, 0.1) is 16.7 Å². The third-order valence-electron chi connectivity index (χ3n) is 5.42. The minimum atomic E-state index is -3.91. The van der Waals surface area contributed by atoms with Crippen LogP contribution in [-0.2, 0) is 21.2 Å². The first-order valence-corrected chi connectivity index (χ1v) is 13.3. The van der Waals surface area contributed by atoms with Gasteiger partial charge in [0.1, 0.15) is 12.3 Å². The van der Waals surface area contributed by atoms with E-state index >= 15 is 0 Å². The van der Waals surface area contributed by atoms with Crippen molar-refractivity contribution in [3.63, 3.8) is 0 Å². The average Bonchev–Trinajstić information content (AvgIpc) is 2.80. The maximum Gasteiger partial charge on any atom is 0.264 e. The van der Waals surface area contributed by atoms with Gasteiger partial charge in [-0.2, -0.15) is 0 Å². The molecular weight excluding hydrogens is 460 g/mol. The summed E-state index contributed by atoms with van der Waals surface area (Å²) in [5, 5.41) is 2.87. The van der Waals surface area contributed by atoms with Gasteiger partial charge in [0.25, 0.3) is 10.0 Å². The molecule has 0 aromatic heterocycles. The van der Waals surface area contributed by atoms with Gasteiger partial charge in [0.2, 0.25) is 5.91 Å². The highest BCUT2D eigenvalue weighted by Gasteiger charge is 2.27. The van der Waals surface area contributed by atoms with Gasteiger partial charge in [-0.25, -0.2) is 8.42 Å². The summed E-state index contributed by atoms with van der Waals surface area (Å²) in [7, 11) is -3.91. The molecule has 0 aliphatic carbocycles. The zero-order valence-electron chi connectivity index (χ0n) is 20.8. The fraction of sp³-hybridized carbons (Fsp3) is 0.321. The van der Waals surface area contributed by atoms with Crippen LogP contribution >= 0.6 is 0 Å².